The van der Waals surface area contributed by atoms with E-state index in [9.17, 15) is 9.90 Å². The highest BCUT2D eigenvalue weighted by Crippen LogP contribution is 2.19. The van der Waals surface area contributed by atoms with Gasteiger partial charge in [-0.25, -0.2) is 0 Å². The summed E-state index contributed by atoms with van der Waals surface area (Å²) in [6.45, 7) is 0.970. The average molecular weight is 285 g/mol. The smallest absolute Gasteiger partial charge is 0.227 e. The van der Waals surface area contributed by atoms with Gasteiger partial charge in [-0.2, -0.15) is 0 Å². The van der Waals surface area contributed by atoms with Crippen molar-refractivity contribution in [3.05, 3.63) is 28.7 Å². The number of benzene rings is 1. The van der Waals surface area contributed by atoms with Gasteiger partial charge in [0.15, 0.2) is 0 Å². The first-order chi connectivity index (χ1) is 7.57. The Morgan fingerprint density at radius 3 is 2.88 bits per heavy atom. The maximum Gasteiger partial charge on any atom is 0.227 e. The van der Waals surface area contributed by atoms with Crippen LogP contribution in [0.25, 0.3) is 0 Å². The number of carbonyl (C=O) groups is 1. The number of amides is 1. The zero-order valence-corrected chi connectivity index (χ0v) is 10.3. The summed E-state index contributed by atoms with van der Waals surface area (Å²) in [5, 5.41) is 15.5. The molecule has 0 aromatic heterocycles. The third-order valence-corrected chi connectivity index (χ3v) is 3.00. The third-order valence-electron chi connectivity index (χ3n) is 2.51. The van der Waals surface area contributed by atoms with Gasteiger partial charge in [-0.1, -0.05) is 22.0 Å². The van der Waals surface area contributed by atoms with Gasteiger partial charge in [0.2, 0.25) is 5.91 Å². The van der Waals surface area contributed by atoms with Crippen molar-refractivity contribution in [3.63, 3.8) is 0 Å². The van der Waals surface area contributed by atoms with Crippen LogP contribution in [0.2, 0.25) is 0 Å². The molecule has 2 rings (SSSR count). The third kappa shape index (κ3) is 2.81. The summed E-state index contributed by atoms with van der Waals surface area (Å²) < 4.78 is 0.911. The van der Waals surface area contributed by atoms with Crippen molar-refractivity contribution in [1.29, 1.82) is 0 Å². The van der Waals surface area contributed by atoms with E-state index in [1.807, 2.05) is 24.3 Å². The van der Waals surface area contributed by atoms with Crippen LogP contribution in [0.1, 0.15) is 6.42 Å². The van der Waals surface area contributed by atoms with Gasteiger partial charge in [-0.3, -0.25) is 4.79 Å². The van der Waals surface area contributed by atoms with Crippen molar-refractivity contribution in [1.82, 2.24) is 5.32 Å². The number of carbonyl (C=O) groups excluding carboxylic acids is 1. The molecule has 1 aromatic carbocycles. The van der Waals surface area contributed by atoms with E-state index >= 15 is 0 Å². The summed E-state index contributed by atoms with van der Waals surface area (Å²) in [6.07, 6.45) is 0.131. The number of rotatable bonds is 3. The fourth-order valence-corrected chi connectivity index (χ4v) is 2.01. The van der Waals surface area contributed by atoms with Gasteiger partial charge in [0.25, 0.3) is 0 Å². The summed E-state index contributed by atoms with van der Waals surface area (Å²) in [5.41, 5.74) is -0.133. The highest BCUT2D eigenvalue weighted by molar-refractivity contribution is 9.10. The Morgan fingerprint density at radius 2 is 2.31 bits per heavy atom. The minimum Gasteiger partial charge on any atom is -0.387 e. The molecule has 3 N–H and O–H groups in total. The Morgan fingerprint density at radius 1 is 1.56 bits per heavy atom. The molecule has 1 heterocycles. The molecular weight excluding hydrogens is 272 g/mol. The van der Waals surface area contributed by atoms with E-state index in [0.717, 1.165) is 10.2 Å². The van der Waals surface area contributed by atoms with E-state index in [-0.39, 0.29) is 12.3 Å². The van der Waals surface area contributed by atoms with Crippen molar-refractivity contribution in [3.8, 4) is 0 Å². The van der Waals surface area contributed by atoms with Crippen LogP contribution in [-0.2, 0) is 4.79 Å². The first-order valence-electron chi connectivity index (χ1n) is 5.06. The van der Waals surface area contributed by atoms with Gasteiger partial charge in [-0.15, -0.1) is 0 Å². The Bertz CT molecular complexity index is 405. The van der Waals surface area contributed by atoms with Gasteiger partial charge in [0.1, 0.15) is 0 Å². The molecule has 0 saturated carbocycles. The van der Waals surface area contributed by atoms with Crippen molar-refractivity contribution in [2.75, 3.05) is 18.4 Å². The second-order valence-electron chi connectivity index (χ2n) is 4.06. The molecule has 16 heavy (non-hydrogen) atoms. The molecular formula is C11H13BrN2O2. The van der Waals surface area contributed by atoms with Crippen molar-refractivity contribution < 1.29 is 9.90 Å². The first-order valence-corrected chi connectivity index (χ1v) is 5.85. The molecule has 1 amide bonds. The molecule has 0 unspecified atom stereocenters. The summed E-state index contributed by atoms with van der Waals surface area (Å²) in [5.74, 6) is -0.165. The lowest BCUT2D eigenvalue weighted by Gasteiger charge is -2.36. The molecule has 1 fully saturated rings. The lowest BCUT2D eigenvalue weighted by molar-refractivity contribution is -0.123. The van der Waals surface area contributed by atoms with E-state index in [0.29, 0.717) is 13.1 Å². The topological polar surface area (TPSA) is 61.4 Å². The fourth-order valence-electron chi connectivity index (χ4n) is 1.61. The monoisotopic (exact) mass is 284 g/mol. The average Bonchev–Trinajstić information content (AvgIpc) is 2.15. The van der Waals surface area contributed by atoms with Gasteiger partial charge in [0.05, 0.1) is 12.0 Å². The first kappa shape index (κ1) is 11.6. The van der Waals surface area contributed by atoms with Crippen molar-refractivity contribution in [2.45, 2.75) is 12.0 Å². The molecule has 1 aromatic rings. The maximum atomic E-state index is 11.6. The predicted octanol–water partition coefficient (Wildman–Crippen LogP) is 1.11. The summed E-state index contributed by atoms with van der Waals surface area (Å²) in [7, 11) is 0. The van der Waals surface area contributed by atoms with Crippen molar-refractivity contribution >= 4 is 27.5 Å². The summed E-state index contributed by atoms with van der Waals surface area (Å²) in [6, 6.07) is 7.37. The number of hydrogen-bond acceptors (Lipinski definition) is 3. The van der Waals surface area contributed by atoms with Crippen LogP contribution in [0.3, 0.4) is 0 Å². The standard InChI is InChI=1S/C11H13BrN2O2/c12-8-2-1-3-9(4-8)14-10(15)5-11(16)6-13-7-11/h1-4,13,16H,5-7H2,(H,14,15). The minimum absolute atomic E-state index is 0.131. The highest BCUT2D eigenvalue weighted by atomic mass is 79.9. The molecule has 1 aliphatic rings. The van der Waals surface area contributed by atoms with E-state index in [2.05, 4.69) is 26.6 Å². The molecule has 1 saturated heterocycles. The molecule has 0 aliphatic carbocycles. The molecule has 0 spiro atoms. The Balaban J connectivity index is 1.92. The molecule has 86 valence electrons. The van der Waals surface area contributed by atoms with Gasteiger partial charge in [-0.05, 0) is 18.2 Å². The molecule has 5 heteroatoms. The quantitative estimate of drug-likeness (QED) is 0.779. The molecule has 0 atom stereocenters. The number of halogens is 1. The number of nitrogens with one attached hydrogen (secondary N) is 2. The molecule has 0 radical (unpaired) electrons. The maximum absolute atomic E-state index is 11.6. The van der Waals surface area contributed by atoms with Crippen LogP contribution < -0.4 is 10.6 Å². The molecule has 1 aliphatic heterocycles. The van der Waals surface area contributed by atoms with Crippen LogP contribution in [-0.4, -0.2) is 29.7 Å². The second-order valence-corrected chi connectivity index (χ2v) is 4.98. The summed E-state index contributed by atoms with van der Waals surface area (Å²) in [4.78, 5) is 11.6. The largest absolute Gasteiger partial charge is 0.387 e. The zero-order valence-electron chi connectivity index (χ0n) is 8.66. The normalized spacial score (nSPS) is 17.6. The zero-order chi connectivity index (χ0) is 11.6. The Kier molecular flexibility index (Phi) is 3.28. The van der Waals surface area contributed by atoms with Crippen LogP contribution in [0.15, 0.2) is 28.7 Å². The molecule has 0 bridgehead atoms. The van der Waals surface area contributed by atoms with Crippen LogP contribution in [0, 0.1) is 0 Å². The van der Waals surface area contributed by atoms with Crippen molar-refractivity contribution in [2.24, 2.45) is 0 Å². The number of aliphatic hydroxyl groups is 1. The van der Waals surface area contributed by atoms with Gasteiger partial charge in [0, 0.05) is 23.2 Å². The van der Waals surface area contributed by atoms with Crippen LogP contribution in [0.4, 0.5) is 5.69 Å². The Labute approximate surface area is 102 Å². The highest BCUT2D eigenvalue weighted by Gasteiger charge is 2.36. The number of hydrogen-bond donors (Lipinski definition) is 3. The lowest BCUT2D eigenvalue weighted by atomic mass is 9.93. The molecule has 4 nitrogen and oxygen atoms in total. The minimum atomic E-state index is -0.865. The second kappa shape index (κ2) is 4.53. The van der Waals surface area contributed by atoms with E-state index in [1.165, 1.54) is 0 Å². The number of anilines is 1. The van der Waals surface area contributed by atoms with Crippen LogP contribution in [0.5, 0.6) is 0 Å². The number of β-amino-alcohol motifs (C(OH)–C–C–N with tert-alkyl or cyclic N) is 1. The van der Waals surface area contributed by atoms with E-state index < -0.39 is 5.60 Å². The predicted molar refractivity (Wildman–Crippen MR) is 65.2 cm³/mol. The van der Waals surface area contributed by atoms with Gasteiger partial charge < -0.3 is 15.7 Å². The van der Waals surface area contributed by atoms with E-state index in [1.54, 1.807) is 0 Å². The Hall–Kier alpha value is -0.910. The van der Waals surface area contributed by atoms with Gasteiger partial charge >= 0.3 is 0 Å². The lowest BCUT2D eigenvalue weighted by Crippen LogP contribution is -2.60. The van der Waals surface area contributed by atoms with Crippen LogP contribution >= 0.6 is 15.9 Å². The van der Waals surface area contributed by atoms with E-state index in [4.69, 9.17) is 0 Å². The summed E-state index contributed by atoms with van der Waals surface area (Å²) >= 11 is 3.33. The SMILES string of the molecule is O=C(CC1(O)CNC1)Nc1cccc(Br)c1. The fraction of sp³-hybridized carbons (Fsp3) is 0.364.